The highest BCUT2D eigenvalue weighted by Crippen LogP contribution is 2.24. The maximum Gasteiger partial charge on any atom is 0.262 e. The van der Waals surface area contributed by atoms with Crippen LogP contribution in [-0.4, -0.2) is 24.2 Å². The van der Waals surface area contributed by atoms with Crippen LogP contribution in [-0.2, 0) is 11.3 Å². The fraction of sp³-hybridized carbons (Fsp3) is 0.0690. The molecule has 0 bridgehead atoms. The van der Waals surface area contributed by atoms with Gasteiger partial charge in [-0.15, -0.1) is 0 Å². The second-order valence-electron chi connectivity index (χ2n) is 7.91. The summed E-state index contributed by atoms with van der Waals surface area (Å²) in [5, 5.41) is 5.96. The average molecular weight is 499 g/mol. The van der Waals surface area contributed by atoms with Crippen molar-refractivity contribution in [1.82, 2.24) is 5.32 Å². The van der Waals surface area contributed by atoms with Gasteiger partial charge in [0, 0.05) is 28.3 Å². The van der Waals surface area contributed by atoms with Crippen molar-refractivity contribution in [2.75, 3.05) is 11.9 Å². The minimum absolute atomic E-state index is 0.207. The van der Waals surface area contributed by atoms with Crippen molar-refractivity contribution in [1.29, 1.82) is 0 Å². The van der Waals surface area contributed by atoms with E-state index in [0.29, 0.717) is 34.1 Å². The SMILES string of the molecule is O=C(COc1ccc(C(=O)NCc2ccccc2)cc1)Nc1ccc(Cl)cc1C(=O)c1ccccc1. The Labute approximate surface area is 213 Å². The van der Waals surface area contributed by atoms with Crippen LogP contribution in [0.15, 0.2) is 103 Å². The Hall–Kier alpha value is -4.42. The summed E-state index contributed by atoms with van der Waals surface area (Å²) in [7, 11) is 0. The highest BCUT2D eigenvalue weighted by atomic mass is 35.5. The molecule has 0 aliphatic carbocycles. The van der Waals surface area contributed by atoms with Crippen LogP contribution in [0.5, 0.6) is 5.75 Å². The number of benzene rings is 4. The van der Waals surface area contributed by atoms with Crippen molar-refractivity contribution in [2.24, 2.45) is 0 Å². The summed E-state index contributed by atoms with van der Waals surface area (Å²) in [4.78, 5) is 37.8. The molecule has 0 spiro atoms. The van der Waals surface area contributed by atoms with Gasteiger partial charge in [0.1, 0.15) is 5.75 Å². The van der Waals surface area contributed by atoms with E-state index in [-0.39, 0.29) is 23.9 Å². The molecule has 180 valence electrons. The lowest BCUT2D eigenvalue weighted by Gasteiger charge is -2.12. The third-order valence-corrected chi connectivity index (χ3v) is 5.55. The molecule has 0 aliphatic rings. The van der Waals surface area contributed by atoms with Crippen LogP contribution in [0.25, 0.3) is 0 Å². The van der Waals surface area contributed by atoms with E-state index >= 15 is 0 Å². The lowest BCUT2D eigenvalue weighted by molar-refractivity contribution is -0.118. The number of carbonyl (C=O) groups excluding carboxylic acids is 3. The summed E-state index contributed by atoms with van der Waals surface area (Å²) in [5.41, 5.74) is 2.60. The highest BCUT2D eigenvalue weighted by Gasteiger charge is 2.16. The number of hydrogen-bond donors (Lipinski definition) is 2. The second-order valence-corrected chi connectivity index (χ2v) is 8.35. The smallest absolute Gasteiger partial charge is 0.262 e. The molecule has 7 heteroatoms. The van der Waals surface area contributed by atoms with Gasteiger partial charge in [-0.25, -0.2) is 0 Å². The average Bonchev–Trinajstić information content (AvgIpc) is 2.92. The maximum atomic E-state index is 12.9. The van der Waals surface area contributed by atoms with Crippen molar-refractivity contribution in [3.8, 4) is 5.75 Å². The third kappa shape index (κ3) is 6.58. The number of hydrogen-bond acceptors (Lipinski definition) is 4. The normalized spacial score (nSPS) is 10.4. The Morgan fingerprint density at radius 3 is 2.11 bits per heavy atom. The Morgan fingerprint density at radius 2 is 1.42 bits per heavy atom. The predicted molar refractivity (Wildman–Crippen MR) is 140 cm³/mol. The number of rotatable bonds is 9. The van der Waals surface area contributed by atoms with Gasteiger partial charge in [-0.1, -0.05) is 72.3 Å². The summed E-state index contributed by atoms with van der Waals surface area (Å²) in [6.07, 6.45) is 0. The zero-order chi connectivity index (χ0) is 25.3. The van der Waals surface area contributed by atoms with E-state index in [9.17, 15) is 14.4 Å². The summed E-state index contributed by atoms with van der Waals surface area (Å²) >= 11 is 6.09. The van der Waals surface area contributed by atoms with E-state index in [1.165, 1.54) is 6.07 Å². The zero-order valence-electron chi connectivity index (χ0n) is 19.2. The van der Waals surface area contributed by atoms with Crippen LogP contribution in [0.3, 0.4) is 0 Å². The summed E-state index contributed by atoms with van der Waals surface area (Å²) < 4.78 is 5.56. The molecule has 4 aromatic carbocycles. The minimum Gasteiger partial charge on any atom is -0.484 e. The molecule has 2 amide bonds. The maximum absolute atomic E-state index is 12.9. The molecule has 0 aromatic heterocycles. The van der Waals surface area contributed by atoms with Gasteiger partial charge in [0.2, 0.25) is 0 Å². The Kier molecular flexibility index (Phi) is 8.11. The van der Waals surface area contributed by atoms with Crippen molar-refractivity contribution in [3.05, 3.63) is 130 Å². The van der Waals surface area contributed by atoms with Gasteiger partial charge in [0.25, 0.3) is 11.8 Å². The third-order valence-electron chi connectivity index (χ3n) is 5.32. The minimum atomic E-state index is -0.441. The largest absolute Gasteiger partial charge is 0.484 e. The monoisotopic (exact) mass is 498 g/mol. The Bertz CT molecular complexity index is 1360. The quantitative estimate of drug-likeness (QED) is 0.298. The van der Waals surface area contributed by atoms with Gasteiger partial charge in [-0.3, -0.25) is 14.4 Å². The standard InChI is InChI=1S/C29H23ClN2O4/c30-23-13-16-26(25(17-23)28(34)21-9-5-2-6-10-21)32-27(33)19-36-24-14-11-22(12-15-24)29(35)31-18-20-7-3-1-4-8-20/h1-17H,18-19H2,(H,31,35)(H,32,33). The van der Waals surface area contributed by atoms with Crippen LogP contribution in [0.2, 0.25) is 5.02 Å². The van der Waals surface area contributed by atoms with Crippen LogP contribution < -0.4 is 15.4 Å². The van der Waals surface area contributed by atoms with Crippen molar-refractivity contribution in [2.45, 2.75) is 6.54 Å². The lowest BCUT2D eigenvalue weighted by atomic mass is 10.0. The predicted octanol–water partition coefficient (Wildman–Crippen LogP) is 5.52. The number of halogens is 1. The summed E-state index contributed by atoms with van der Waals surface area (Å²) in [5.74, 6) is -0.470. The van der Waals surface area contributed by atoms with Crippen molar-refractivity contribution >= 4 is 34.9 Å². The number of ketones is 1. The summed E-state index contributed by atoms with van der Waals surface area (Å²) in [6.45, 7) is 0.151. The molecule has 0 saturated carbocycles. The highest BCUT2D eigenvalue weighted by molar-refractivity contribution is 6.31. The molecule has 0 saturated heterocycles. The molecule has 36 heavy (non-hydrogen) atoms. The van der Waals surface area contributed by atoms with E-state index in [1.807, 2.05) is 36.4 Å². The molecular weight excluding hydrogens is 476 g/mol. The molecular formula is C29H23ClN2O4. The zero-order valence-corrected chi connectivity index (χ0v) is 20.0. The van der Waals surface area contributed by atoms with Gasteiger partial charge in [0.15, 0.2) is 12.4 Å². The van der Waals surface area contributed by atoms with Crippen LogP contribution in [0, 0.1) is 0 Å². The molecule has 2 N–H and O–H groups in total. The van der Waals surface area contributed by atoms with Crippen LogP contribution in [0.4, 0.5) is 5.69 Å². The molecule has 0 fully saturated rings. The van der Waals surface area contributed by atoms with Crippen molar-refractivity contribution < 1.29 is 19.1 Å². The first-order valence-corrected chi connectivity index (χ1v) is 11.6. The fourth-order valence-corrected chi connectivity index (χ4v) is 3.65. The van der Waals surface area contributed by atoms with E-state index in [1.54, 1.807) is 60.7 Å². The first-order chi connectivity index (χ1) is 17.5. The van der Waals surface area contributed by atoms with Crippen LogP contribution in [0.1, 0.15) is 31.8 Å². The van der Waals surface area contributed by atoms with Gasteiger partial charge in [-0.2, -0.15) is 0 Å². The number of amides is 2. The van der Waals surface area contributed by atoms with Gasteiger partial charge >= 0.3 is 0 Å². The van der Waals surface area contributed by atoms with Gasteiger partial charge < -0.3 is 15.4 Å². The molecule has 6 nitrogen and oxygen atoms in total. The van der Waals surface area contributed by atoms with E-state index in [0.717, 1.165) is 5.56 Å². The fourth-order valence-electron chi connectivity index (χ4n) is 3.48. The van der Waals surface area contributed by atoms with E-state index in [2.05, 4.69) is 10.6 Å². The molecule has 0 atom stereocenters. The first-order valence-electron chi connectivity index (χ1n) is 11.2. The molecule has 0 unspecified atom stereocenters. The molecule has 4 rings (SSSR count). The molecule has 0 aliphatic heterocycles. The first kappa shape index (κ1) is 24.7. The number of anilines is 1. The number of carbonyl (C=O) groups is 3. The molecule has 0 radical (unpaired) electrons. The Balaban J connectivity index is 1.33. The van der Waals surface area contributed by atoms with Crippen molar-refractivity contribution in [3.63, 3.8) is 0 Å². The Morgan fingerprint density at radius 1 is 0.750 bits per heavy atom. The number of nitrogens with one attached hydrogen (secondary N) is 2. The number of ether oxygens (including phenoxy) is 1. The molecule has 0 heterocycles. The van der Waals surface area contributed by atoms with E-state index in [4.69, 9.17) is 16.3 Å². The van der Waals surface area contributed by atoms with Crippen LogP contribution >= 0.6 is 11.6 Å². The van der Waals surface area contributed by atoms with E-state index < -0.39 is 5.91 Å². The second kappa shape index (κ2) is 11.8. The summed E-state index contributed by atoms with van der Waals surface area (Å²) in [6, 6.07) is 29.6. The van der Waals surface area contributed by atoms with Gasteiger partial charge in [-0.05, 0) is 48.0 Å². The molecule has 4 aromatic rings. The van der Waals surface area contributed by atoms with Gasteiger partial charge in [0.05, 0.1) is 5.69 Å². The topological polar surface area (TPSA) is 84.5 Å². The lowest BCUT2D eigenvalue weighted by Crippen LogP contribution is -2.23.